The van der Waals surface area contributed by atoms with Crippen molar-refractivity contribution >= 4 is 40.0 Å². The lowest BCUT2D eigenvalue weighted by atomic mass is 10.1. The summed E-state index contributed by atoms with van der Waals surface area (Å²) in [5, 5.41) is 6.37. The first-order valence-electron chi connectivity index (χ1n) is 9.27. The summed E-state index contributed by atoms with van der Waals surface area (Å²) in [5.41, 5.74) is 0. The Bertz CT molecular complexity index is 512. The molecule has 10 heteroatoms. The molecule has 0 aromatic carbocycles. The maximum Gasteiger partial charge on any atom is 0.214 e. The van der Waals surface area contributed by atoms with Crippen LogP contribution >= 0.6 is 24.0 Å². The molecular formula is C16H33IN4O4S. The van der Waals surface area contributed by atoms with Gasteiger partial charge in [-0.2, -0.15) is 0 Å². The number of sulfonamides is 1. The topological polar surface area (TPSA) is 92.3 Å². The molecule has 2 aliphatic rings. The summed E-state index contributed by atoms with van der Waals surface area (Å²) in [7, 11) is -3.02. The SMILES string of the molecule is CCNC(=NCCCOCC1CCOC1)NCCN1CCCS1(=O)=O.I. The van der Waals surface area contributed by atoms with Gasteiger partial charge in [-0.25, -0.2) is 12.7 Å². The van der Waals surface area contributed by atoms with E-state index >= 15 is 0 Å². The van der Waals surface area contributed by atoms with Crippen molar-refractivity contribution in [3.63, 3.8) is 0 Å². The third-order valence-corrected chi connectivity index (χ3v) is 6.25. The van der Waals surface area contributed by atoms with Gasteiger partial charge in [0.25, 0.3) is 0 Å². The first kappa shape index (κ1) is 23.9. The van der Waals surface area contributed by atoms with Crippen LogP contribution in [-0.2, 0) is 19.5 Å². The minimum atomic E-state index is -3.02. The Morgan fingerprint density at radius 2 is 2.23 bits per heavy atom. The fraction of sp³-hybridized carbons (Fsp3) is 0.938. The molecule has 2 rings (SSSR count). The van der Waals surface area contributed by atoms with Crippen LogP contribution < -0.4 is 10.6 Å². The van der Waals surface area contributed by atoms with E-state index in [1.807, 2.05) is 6.92 Å². The molecule has 0 bridgehead atoms. The van der Waals surface area contributed by atoms with Gasteiger partial charge in [-0.05, 0) is 26.2 Å². The van der Waals surface area contributed by atoms with Gasteiger partial charge in [-0.15, -0.1) is 24.0 Å². The van der Waals surface area contributed by atoms with Crippen LogP contribution in [0.3, 0.4) is 0 Å². The van der Waals surface area contributed by atoms with Gasteiger partial charge >= 0.3 is 0 Å². The van der Waals surface area contributed by atoms with Crippen molar-refractivity contribution in [2.24, 2.45) is 10.9 Å². The van der Waals surface area contributed by atoms with Crippen LogP contribution in [0.4, 0.5) is 0 Å². The smallest absolute Gasteiger partial charge is 0.214 e. The molecule has 2 N–H and O–H groups in total. The minimum Gasteiger partial charge on any atom is -0.381 e. The molecule has 8 nitrogen and oxygen atoms in total. The van der Waals surface area contributed by atoms with Gasteiger partial charge in [-0.1, -0.05) is 0 Å². The van der Waals surface area contributed by atoms with Crippen molar-refractivity contribution in [1.29, 1.82) is 0 Å². The van der Waals surface area contributed by atoms with E-state index in [0.717, 1.165) is 51.6 Å². The number of rotatable bonds is 10. The predicted molar refractivity (Wildman–Crippen MR) is 114 cm³/mol. The Labute approximate surface area is 174 Å². The van der Waals surface area contributed by atoms with Crippen molar-refractivity contribution in [3.05, 3.63) is 0 Å². The summed E-state index contributed by atoms with van der Waals surface area (Å²) in [5.74, 6) is 1.54. The van der Waals surface area contributed by atoms with E-state index in [1.165, 1.54) is 0 Å². The molecule has 0 radical (unpaired) electrons. The average Bonchev–Trinajstić information content (AvgIpc) is 3.20. The van der Waals surface area contributed by atoms with Gasteiger partial charge < -0.3 is 20.1 Å². The molecule has 0 aromatic heterocycles. The van der Waals surface area contributed by atoms with Crippen molar-refractivity contribution in [2.45, 2.75) is 26.2 Å². The quantitative estimate of drug-likeness (QED) is 0.196. The Hall–Kier alpha value is -0.170. The zero-order valence-corrected chi connectivity index (χ0v) is 18.8. The van der Waals surface area contributed by atoms with Crippen LogP contribution in [-0.4, -0.2) is 83.6 Å². The Kier molecular flexibility index (Phi) is 12.0. The molecule has 1 unspecified atom stereocenters. The van der Waals surface area contributed by atoms with Crippen molar-refractivity contribution in [2.75, 3.05) is 64.9 Å². The maximum atomic E-state index is 11.8. The van der Waals surface area contributed by atoms with Gasteiger partial charge in [0.2, 0.25) is 10.0 Å². The molecular weight excluding hydrogens is 471 g/mol. The average molecular weight is 504 g/mol. The van der Waals surface area contributed by atoms with E-state index in [4.69, 9.17) is 9.47 Å². The van der Waals surface area contributed by atoms with E-state index in [-0.39, 0.29) is 29.7 Å². The second-order valence-electron chi connectivity index (χ2n) is 6.41. The predicted octanol–water partition coefficient (Wildman–Crippen LogP) is 0.638. The zero-order valence-electron chi connectivity index (χ0n) is 15.6. The van der Waals surface area contributed by atoms with E-state index < -0.39 is 10.0 Å². The number of guanidine groups is 1. The summed E-state index contributed by atoms with van der Waals surface area (Å²) in [6, 6.07) is 0. The van der Waals surface area contributed by atoms with Gasteiger partial charge in [0.15, 0.2) is 5.96 Å². The van der Waals surface area contributed by atoms with E-state index in [1.54, 1.807) is 4.31 Å². The molecule has 0 aromatic rings. The first-order chi connectivity index (χ1) is 12.1. The molecule has 154 valence electrons. The molecule has 26 heavy (non-hydrogen) atoms. The highest BCUT2D eigenvalue weighted by Crippen LogP contribution is 2.12. The molecule has 0 saturated carbocycles. The molecule has 2 fully saturated rings. The summed E-state index contributed by atoms with van der Waals surface area (Å²) in [4.78, 5) is 4.51. The number of hydrogen-bond donors (Lipinski definition) is 2. The molecule has 2 aliphatic heterocycles. The van der Waals surface area contributed by atoms with Crippen LogP contribution in [0.1, 0.15) is 26.2 Å². The zero-order chi connectivity index (χ0) is 18.0. The highest BCUT2D eigenvalue weighted by Gasteiger charge is 2.27. The number of halogens is 1. The third-order valence-electron chi connectivity index (χ3n) is 4.30. The van der Waals surface area contributed by atoms with Crippen LogP contribution in [0.5, 0.6) is 0 Å². The number of nitrogens with one attached hydrogen (secondary N) is 2. The van der Waals surface area contributed by atoms with Gasteiger partial charge in [-0.3, -0.25) is 4.99 Å². The molecule has 0 aliphatic carbocycles. The lowest BCUT2D eigenvalue weighted by molar-refractivity contribution is 0.0893. The van der Waals surface area contributed by atoms with Gasteiger partial charge in [0, 0.05) is 51.9 Å². The standard InChI is InChI=1S/C16H32N4O4S.HI/c1-2-17-16(19-7-9-20-8-4-12-25(20,21)22)18-6-3-10-23-13-15-5-11-24-14-15;/h15H,2-14H2,1H3,(H2,17,18,19);1H. The van der Waals surface area contributed by atoms with E-state index in [9.17, 15) is 8.42 Å². The van der Waals surface area contributed by atoms with Crippen LogP contribution in [0.15, 0.2) is 4.99 Å². The second-order valence-corrected chi connectivity index (χ2v) is 8.50. The summed E-state index contributed by atoms with van der Waals surface area (Å²) in [6.45, 7) is 8.27. The molecule has 2 heterocycles. The fourth-order valence-electron chi connectivity index (χ4n) is 2.91. The second kappa shape index (κ2) is 13.1. The normalized spacial score (nSPS) is 23.0. The highest BCUT2D eigenvalue weighted by molar-refractivity contribution is 14.0. The number of aliphatic imine (C=N–C) groups is 1. The summed E-state index contributed by atoms with van der Waals surface area (Å²) in [6.07, 6.45) is 2.69. The largest absolute Gasteiger partial charge is 0.381 e. The summed E-state index contributed by atoms with van der Waals surface area (Å²) < 4.78 is 36.1. The molecule has 2 saturated heterocycles. The third kappa shape index (κ3) is 8.68. The van der Waals surface area contributed by atoms with E-state index in [0.29, 0.717) is 38.7 Å². The maximum absolute atomic E-state index is 11.8. The molecule has 0 amide bonds. The number of ether oxygens (including phenoxy) is 2. The van der Waals surface area contributed by atoms with Crippen LogP contribution in [0.25, 0.3) is 0 Å². The fourth-order valence-corrected chi connectivity index (χ4v) is 4.43. The first-order valence-corrected chi connectivity index (χ1v) is 10.9. The number of nitrogens with zero attached hydrogens (tertiary/aromatic N) is 2. The number of hydrogen-bond acceptors (Lipinski definition) is 5. The van der Waals surface area contributed by atoms with Gasteiger partial charge in [0.05, 0.1) is 19.0 Å². The van der Waals surface area contributed by atoms with Crippen molar-refractivity contribution < 1.29 is 17.9 Å². The van der Waals surface area contributed by atoms with E-state index in [2.05, 4.69) is 15.6 Å². The lowest BCUT2D eigenvalue weighted by Crippen LogP contribution is -2.42. The van der Waals surface area contributed by atoms with Gasteiger partial charge in [0.1, 0.15) is 0 Å². The minimum absolute atomic E-state index is 0. The van der Waals surface area contributed by atoms with Crippen LogP contribution in [0, 0.1) is 5.92 Å². The molecule has 0 spiro atoms. The molecule has 1 atom stereocenters. The Morgan fingerprint density at radius 1 is 1.38 bits per heavy atom. The lowest BCUT2D eigenvalue weighted by Gasteiger charge is -2.16. The summed E-state index contributed by atoms with van der Waals surface area (Å²) >= 11 is 0. The Balaban J connectivity index is 0.00000338. The van der Waals surface area contributed by atoms with Crippen molar-refractivity contribution in [3.8, 4) is 0 Å². The van der Waals surface area contributed by atoms with Crippen LogP contribution in [0.2, 0.25) is 0 Å². The van der Waals surface area contributed by atoms with Crippen molar-refractivity contribution in [1.82, 2.24) is 14.9 Å². The Morgan fingerprint density at radius 3 is 2.88 bits per heavy atom. The highest BCUT2D eigenvalue weighted by atomic mass is 127. The monoisotopic (exact) mass is 504 g/mol.